The number of rotatable bonds is 3. The zero-order valence-corrected chi connectivity index (χ0v) is 14.6. The molecule has 1 amide bonds. The summed E-state index contributed by atoms with van der Waals surface area (Å²) < 4.78 is 1.57. The molecule has 6 nitrogen and oxygen atoms in total. The Morgan fingerprint density at radius 2 is 2.04 bits per heavy atom. The topological polar surface area (TPSA) is 79.3 Å². The number of carbonyl (C=O) groups is 1. The van der Waals surface area contributed by atoms with E-state index >= 15 is 0 Å². The van der Waals surface area contributed by atoms with Crippen LogP contribution in [0.3, 0.4) is 0 Å². The van der Waals surface area contributed by atoms with Crippen LogP contribution in [0.2, 0.25) is 5.02 Å². The Kier molecular flexibility index (Phi) is 3.97. The van der Waals surface area contributed by atoms with Gasteiger partial charge in [0, 0.05) is 5.02 Å². The summed E-state index contributed by atoms with van der Waals surface area (Å²) in [7, 11) is 0. The van der Waals surface area contributed by atoms with Crippen LogP contribution in [0.5, 0.6) is 0 Å². The number of para-hydroxylation sites is 1. The summed E-state index contributed by atoms with van der Waals surface area (Å²) in [6, 6.07) is 14.2. The van der Waals surface area contributed by atoms with E-state index in [0.717, 1.165) is 5.56 Å². The maximum atomic E-state index is 12.7. The standard InChI is InChI=1S/C19H15ClN4O2/c1-11(12-5-4-6-13(20)9-12)22-19(26)15-10-21-24-16-8-3-2-7-14(16)18(25)23-17(15)24/h2-11H,1H3,(H,22,26)(H,23,25). The lowest BCUT2D eigenvalue weighted by atomic mass is 10.1. The van der Waals surface area contributed by atoms with Gasteiger partial charge in [-0.3, -0.25) is 9.59 Å². The first-order valence-corrected chi connectivity index (χ1v) is 8.47. The van der Waals surface area contributed by atoms with Gasteiger partial charge in [0.2, 0.25) is 0 Å². The van der Waals surface area contributed by atoms with E-state index in [4.69, 9.17) is 11.6 Å². The molecule has 0 fully saturated rings. The highest BCUT2D eigenvalue weighted by molar-refractivity contribution is 6.30. The third kappa shape index (κ3) is 2.74. The summed E-state index contributed by atoms with van der Waals surface area (Å²) >= 11 is 6.01. The van der Waals surface area contributed by atoms with E-state index in [2.05, 4.69) is 15.4 Å². The quantitative estimate of drug-likeness (QED) is 0.583. The molecule has 7 heteroatoms. The highest BCUT2D eigenvalue weighted by Gasteiger charge is 2.18. The van der Waals surface area contributed by atoms with Crippen molar-refractivity contribution in [3.05, 3.63) is 81.2 Å². The van der Waals surface area contributed by atoms with Gasteiger partial charge in [0.15, 0.2) is 0 Å². The molecule has 4 rings (SSSR count). The first-order valence-electron chi connectivity index (χ1n) is 8.09. The Hall–Kier alpha value is -3.12. The third-order valence-electron chi connectivity index (χ3n) is 4.32. The molecule has 2 aromatic carbocycles. The Morgan fingerprint density at radius 3 is 2.85 bits per heavy atom. The maximum absolute atomic E-state index is 12.7. The van der Waals surface area contributed by atoms with E-state index < -0.39 is 0 Å². The Bertz CT molecular complexity index is 1200. The first kappa shape index (κ1) is 16.4. The highest BCUT2D eigenvalue weighted by Crippen LogP contribution is 2.19. The van der Waals surface area contributed by atoms with Crippen LogP contribution in [0.15, 0.2) is 59.5 Å². The number of nitrogens with zero attached hydrogens (tertiary/aromatic N) is 2. The van der Waals surface area contributed by atoms with Gasteiger partial charge in [-0.05, 0) is 36.8 Å². The number of hydrogen-bond acceptors (Lipinski definition) is 3. The Balaban J connectivity index is 1.72. The second kappa shape index (κ2) is 6.31. The SMILES string of the molecule is CC(NC(=O)c1cnn2c1[nH]c(=O)c1ccccc12)c1cccc(Cl)c1. The van der Waals surface area contributed by atoms with Crippen LogP contribution in [0.25, 0.3) is 16.6 Å². The molecule has 1 unspecified atom stereocenters. The molecule has 26 heavy (non-hydrogen) atoms. The van der Waals surface area contributed by atoms with E-state index in [1.54, 1.807) is 34.8 Å². The van der Waals surface area contributed by atoms with E-state index in [1.807, 2.05) is 25.1 Å². The van der Waals surface area contributed by atoms with Gasteiger partial charge >= 0.3 is 0 Å². The van der Waals surface area contributed by atoms with Crippen LogP contribution < -0.4 is 10.9 Å². The predicted octanol–water partition coefficient (Wildman–Crippen LogP) is 3.32. The van der Waals surface area contributed by atoms with Gasteiger partial charge in [-0.25, -0.2) is 4.52 Å². The molecule has 2 heterocycles. The number of halogens is 1. The van der Waals surface area contributed by atoms with Gasteiger partial charge in [0.05, 0.1) is 23.1 Å². The molecule has 4 aromatic rings. The number of nitrogens with one attached hydrogen (secondary N) is 2. The van der Waals surface area contributed by atoms with E-state index in [0.29, 0.717) is 27.1 Å². The molecule has 1 atom stereocenters. The smallest absolute Gasteiger partial charge is 0.259 e. The number of amides is 1. The van der Waals surface area contributed by atoms with Crippen molar-refractivity contribution in [3.63, 3.8) is 0 Å². The fourth-order valence-corrected chi connectivity index (χ4v) is 3.18. The summed E-state index contributed by atoms with van der Waals surface area (Å²) in [5.41, 5.74) is 1.95. The van der Waals surface area contributed by atoms with Gasteiger partial charge in [-0.2, -0.15) is 5.10 Å². The molecule has 130 valence electrons. The van der Waals surface area contributed by atoms with Gasteiger partial charge < -0.3 is 10.3 Å². The van der Waals surface area contributed by atoms with Crippen molar-refractivity contribution in [1.82, 2.24) is 19.9 Å². The summed E-state index contributed by atoms with van der Waals surface area (Å²) in [6.45, 7) is 1.87. The minimum absolute atomic E-state index is 0.247. The molecule has 0 spiro atoms. The van der Waals surface area contributed by atoms with Crippen LogP contribution in [0, 0.1) is 0 Å². The molecule has 0 aliphatic heterocycles. The molecule has 0 saturated heterocycles. The molecule has 0 aliphatic rings. The first-order chi connectivity index (χ1) is 12.5. The number of fused-ring (bicyclic) bond motifs is 3. The third-order valence-corrected chi connectivity index (χ3v) is 4.55. The van der Waals surface area contributed by atoms with Crippen LogP contribution in [-0.2, 0) is 0 Å². The number of aromatic nitrogens is 3. The van der Waals surface area contributed by atoms with Crippen molar-refractivity contribution in [2.45, 2.75) is 13.0 Å². The molecular weight excluding hydrogens is 352 g/mol. The molecule has 2 N–H and O–H groups in total. The van der Waals surface area contributed by atoms with E-state index in [9.17, 15) is 9.59 Å². The Morgan fingerprint density at radius 1 is 1.23 bits per heavy atom. The van der Waals surface area contributed by atoms with Gasteiger partial charge in [0.1, 0.15) is 11.2 Å². The lowest BCUT2D eigenvalue weighted by molar-refractivity contribution is 0.0941. The van der Waals surface area contributed by atoms with Crippen molar-refractivity contribution in [3.8, 4) is 0 Å². The fraction of sp³-hybridized carbons (Fsp3) is 0.105. The van der Waals surface area contributed by atoms with E-state index in [-0.39, 0.29) is 17.5 Å². The van der Waals surface area contributed by atoms with Crippen LogP contribution in [0.4, 0.5) is 0 Å². The molecular formula is C19H15ClN4O2. The lowest BCUT2D eigenvalue weighted by Gasteiger charge is -2.14. The van der Waals surface area contributed by atoms with Crippen molar-refractivity contribution < 1.29 is 4.79 Å². The van der Waals surface area contributed by atoms with Gasteiger partial charge in [-0.15, -0.1) is 0 Å². The number of aromatic amines is 1. The highest BCUT2D eigenvalue weighted by atomic mass is 35.5. The monoisotopic (exact) mass is 366 g/mol. The zero-order chi connectivity index (χ0) is 18.3. The lowest BCUT2D eigenvalue weighted by Crippen LogP contribution is -2.27. The van der Waals surface area contributed by atoms with Crippen LogP contribution in [-0.4, -0.2) is 20.5 Å². The Labute approximate surface area is 153 Å². The van der Waals surface area contributed by atoms with Gasteiger partial charge in [-0.1, -0.05) is 35.9 Å². The maximum Gasteiger partial charge on any atom is 0.259 e. The largest absolute Gasteiger partial charge is 0.345 e. The second-order valence-corrected chi connectivity index (χ2v) is 6.48. The van der Waals surface area contributed by atoms with Crippen molar-refractivity contribution in [1.29, 1.82) is 0 Å². The van der Waals surface area contributed by atoms with Gasteiger partial charge in [0.25, 0.3) is 11.5 Å². The normalized spacial score (nSPS) is 12.4. The molecule has 0 saturated carbocycles. The minimum atomic E-state index is -0.321. The van der Waals surface area contributed by atoms with Crippen molar-refractivity contribution in [2.24, 2.45) is 0 Å². The second-order valence-electron chi connectivity index (χ2n) is 6.04. The summed E-state index contributed by atoms with van der Waals surface area (Å²) in [4.78, 5) is 27.8. The average Bonchev–Trinajstić information content (AvgIpc) is 3.06. The summed E-state index contributed by atoms with van der Waals surface area (Å²) in [5, 5.41) is 8.30. The van der Waals surface area contributed by atoms with Crippen LogP contribution in [0.1, 0.15) is 28.9 Å². The molecule has 0 radical (unpaired) electrons. The van der Waals surface area contributed by atoms with Crippen molar-refractivity contribution in [2.75, 3.05) is 0 Å². The number of benzene rings is 2. The fourth-order valence-electron chi connectivity index (χ4n) is 2.98. The zero-order valence-electron chi connectivity index (χ0n) is 13.9. The predicted molar refractivity (Wildman–Crippen MR) is 101 cm³/mol. The molecule has 0 bridgehead atoms. The average molecular weight is 367 g/mol. The number of H-pyrrole nitrogens is 1. The molecule has 0 aliphatic carbocycles. The minimum Gasteiger partial charge on any atom is -0.345 e. The summed E-state index contributed by atoms with van der Waals surface area (Å²) in [5.74, 6) is -0.321. The number of carbonyl (C=O) groups excluding carboxylic acids is 1. The van der Waals surface area contributed by atoms with Crippen molar-refractivity contribution >= 4 is 34.1 Å². The molecule has 2 aromatic heterocycles. The number of hydrogen-bond donors (Lipinski definition) is 2. The van der Waals surface area contributed by atoms with Crippen LogP contribution >= 0.6 is 11.6 Å². The van der Waals surface area contributed by atoms with E-state index in [1.165, 1.54) is 6.20 Å². The summed E-state index contributed by atoms with van der Waals surface area (Å²) in [6.07, 6.45) is 1.46.